The summed E-state index contributed by atoms with van der Waals surface area (Å²) >= 11 is 0. The maximum atomic E-state index is 3.41. The molecule has 0 N–H and O–H groups in total. The molecular formula is C30H23. The van der Waals surface area contributed by atoms with Crippen LogP contribution >= 0.6 is 0 Å². The van der Waals surface area contributed by atoms with E-state index >= 15 is 0 Å². The van der Waals surface area contributed by atoms with E-state index in [2.05, 4.69) is 127 Å². The lowest BCUT2D eigenvalue weighted by Crippen LogP contribution is -1.84. The molecule has 0 aliphatic heterocycles. The Hall–Kier alpha value is -3.90. The molecule has 0 atom stereocenters. The topological polar surface area (TPSA) is 0 Å². The molecular weight excluding hydrogens is 360 g/mol. The Morgan fingerprint density at radius 1 is 0.433 bits per heavy atom. The Bertz CT molecular complexity index is 1150. The van der Waals surface area contributed by atoms with E-state index in [-0.39, 0.29) is 0 Å². The number of hydrogen-bond acceptors (Lipinski definition) is 0. The van der Waals surface area contributed by atoms with Gasteiger partial charge in [-0.25, -0.2) is 0 Å². The third-order valence-corrected chi connectivity index (χ3v) is 4.80. The Morgan fingerprint density at radius 3 is 1.37 bits per heavy atom. The summed E-state index contributed by atoms with van der Waals surface area (Å²) in [5.41, 5.74) is 6.91. The molecule has 4 aromatic carbocycles. The summed E-state index contributed by atoms with van der Waals surface area (Å²) in [6, 6.07) is 38.7. The molecule has 0 aliphatic rings. The van der Waals surface area contributed by atoms with Crippen molar-refractivity contribution in [1.29, 1.82) is 0 Å². The smallest absolute Gasteiger partial charge is 0.00988 e. The predicted molar refractivity (Wildman–Crippen MR) is 131 cm³/mol. The van der Waals surface area contributed by atoms with Crippen molar-refractivity contribution in [3.63, 3.8) is 0 Å². The van der Waals surface area contributed by atoms with Crippen LogP contribution in [0.1, 0.15) is 33.4 Å². The van der Waals surface area contributed by atoms with Gasteiger partial charge in [0, 0.05) is 0 Å². The molecule has 0 fully saturated rings. The van der Waals surface area contributed by atoms with Gasteiger partial charge in [0.05, 0.1) is 0 Å². The Kier molecular flexibility index (Phi) is 6.50. The standard InChI is InChI=1S/C30H23/c1-4-10-25(11-5-1)16-17-28-20-22-29(21-18-26-12-6-2-7-13-26)30(24-28)23-19-27-14-8-3-9-15-27/h1-19,21-24H. The van der Waals surface area contributed by atoms with Crippen LogP contribution in [-0.2, 0) is 0 Å². The summed E-state index contributed by atoms with van der Waals surface area (Å²) in [4.78, 5) is 0. The van der Waals surface area contributed by atoms with Crippen molar-refractivity contribution in [2.75, 3.05) is 0 Å². The van der Waals surface area contributed by atoms with Crippen LogP contribution in [0.3, 0.4) is 0 Å². The summed E-state index contributed by atoms with van der Waals surface area (Å²) in [7, 11) is 0. The monoisotopic (exact) mass is 383 g/mol. The zero-order valence-corrected chi connectivity index (χ0v) is 16.8. The molecule has 4 rings (SSSR count). The lowest BCUT2D eigenvalue weighted by Gasteiger charge is -2.04. The van der Waals surface area contributed by atoms with Gasteiger partial charge in [-0.05, 0) is 51.6 Å². The van der Waals surface area contributed by atoms with Crippen LogP contribution in [0.2, 0.25) is 0 Å². The Labute approximate surface area is 179 Å². The average Bonchev–Trinajstić information content (AvgIpc) is 2.82. The highest BCUT2D eigenvalue weighted by Gasteiger charge is 1.99. The second-order valence-electron chi connectivity index (χ2n) is 7.03. The highest BCUT2D eigenvalue weighted by atomic mass is 14.0. The van der Waals surface area contributed by atoms with Gasteiger partial charge in [-0.2, -0.15) is 0 Å². The van der Waals surface area contributed by atoms with Gasteiger partial charge in [-0.1, -0.05) is 127 Å². The average molecular weight is 384 g/mol. The van der Waals surface area contributed by atoms with Gasteiger partial charge in [-0.15, -0.1) is 0 Å². The van der Waals surface area contributed by atoms with E-state index in [4.69, 9.17) is 0 Å². The van der Waals surface area contributed by atoms with Crippen molar-refractivity contribution in [2.45, 2.75) is 0 Å². The van der Waals surface area contributed by atoms with Crippen molar-refractivity contribution >= 4 is 36.5 Å². The van der Waals surface area contributed by atoms with Crippen LogP contribution in [0.4, 0.5) is 0 Å². The maximum absolute atomic E-state index is 3.41. The molecule has 0 bridgehead atoms. The lowest BCUT2D eigenvalue weighted by atomic mass is 10.0. The van der Waals surface area contributed by atoms with Crippen molar-refractivity contribution in [2.24, 2.45) is 0 Å². The second kappa shape index (κ2) is 10.0. The first-order valence-electron chi connectivity index (χ1n) is 10.1. The van der Waals surface area contributed by atoms with E-state index in [1.54, 1.807) is 0 Å². The quantitative estimate of drug-likeness (QED) is 0.296. The van der Waals surface area contributed by atoms with E-state index in [1.807, 2.05) is 18.2 Å². The van der Waals surface area contributed by atoms with Gasteiger partial charge in [0.1, 0.15) is 0 Å². The third-order valence-electron chi connectivity index (χ3n) is 4.80. The van der Waals surface area contributed by atoms with Crippen molar-refractivity contribution < 1.29 is 0 Å². The van der Waals surface area contributed by atoms with Crippen LogP contribution in [0.15, 0.2) is 103 Å². The van der Waals surface area contributed by atoms with Gasteiger partial charge in [0.2, 0.25) is 0 Å². The van der Waals surface area contributed by atoms with Crippen LogP contribution < -0.4 is 0 Å². The molecule has 1 radical (unpaired) electrons. The molecule has 4 aromatic rings. The minimum atomic E-state index is 1.06. The van der Waals surface area contributed by atoms with Gasteiger partial charge in [-0.3, -0.25) is 0 Å². The van der Waals surface area contributed by atoms with E-state index in [1.165, 1.54) is 16.7 Å². The Morgan fingerprint density at radius 2 is 0.867 bits per heavy atom. The number of rotatable bonds is 6. The minimum Gasteiger partial charge on any atom is -0.0622 e. The summed E-state index contributed by atoms with van der Waals surface area (Å²) < 4.78 is 0. The first-order chi connectivity index (χ1) is 14.9. The predicted octanol–water partition coefficient (Wildman–Crippen LogP) is 8.00. The molecule has 0 amide bonds. The van der Waals surface area contributed by atoms with E-state index < -0.39 is 0 Å². The molecule has 0 aromatic heterocycles. The number of benzene rings is 4. The molecule has 0 heterocycles. The molecule has 0 saturated carbocycles. The largest absolute Gasteiger partial charge is 0.0622 e. The van der Waals surface area contributed by atoms with E-state index in [0.717, 1.165) is 16.7 Å². The fraction of sp³-hybridized carbons (Fsp3) is 0. The normalized spacial score (nSPS) is 11.6. The highest BCUT2D eigenvalue weighted by Crippen LogP contribution is 2.20. The molecule has 0 heteroatoms. The molecule has 30 heavy (non-hydrogen) atoms. The fourth-order valence-electron chi connectivity index (χ4n) is 3.17. The molecule has 0 nitrogen and oxygen atoms in total. The second-order valence-corrected chi connectivity index (χ2v) is 7.03. The van der Waals surface area contributed by atoms with Gasteiger partial charge in [0.25, 0.3) is 0 Å². The first kappa shape index (κ1) is 19.4. The van der Waals surface area contributed by atoms with Crippen LogP contribution in [0, 0.1) is 6.07 Å². The Balaban J connectivity index is 1.65. The first-order valence-corrected chi connectivity index (χ1v) is 10.1. The maximum Gasteiger partial charge on any atom is -0.00988 e. The zero-order chi connectivity index (χ0) is 20.4. The molecule has 0 aliphatic carbocycles. The van der Waals surface area contributed by atoms with E-state index in [9.17, 15) is 0 Å². The van der Waals surface area contributed by atoms with Crippen molar-refractivity contribution in [3.05, 3.63) is 143 Å². The van der Waals surface area contributed by atoms with Crippen LogP contribution in [0.25, 0.3) is 36.5 Å². The van der Waals surface area contributed by atoms with Crippen molar-refractivity contribution in [1.82, 2.24) is 0 Å². The van der Waals surface area contributed by atoms with Gasteiger partial charge in [0.15, 0.2) is 0 Å². The molecule has 0 spiro atoms. The summed E-state index contributed by atoms with van der Waals surface area (Å²) in [5, 5.41) is 0. The number of hydrogen-bond donors (Lipinski definition) is 0. The van der Waals surface area contributed by atoms with Crippen LogP contribution in [-0.4, -0.2) is 0 Å². The van der Waals surface area contributed by atoms with E-state index in [0.29, 0.717) is 0 Å². The van der Waals surface area contributed by atoms with Crippen molar-refractivity contribution in [3.8, 4) is 0 Å². The summed E-state index contributed by atoms with van der Waals surface area (Å²) in [6.45, 7) is 0. The van der Waals surface area contributed by atoms with Gasteiger partial charge >= 0.3 is 0 Å². The minimum absolute atomic E-state index is 1.06. The SMILES string of the molecule is [c]1cc(C=Cc2ccccc2)c(C=Cc2ccccc2)cc1C=Cc1ccccc1. The molecule has 143 valence electrons. The lowest BCUT2D eigenvalue weighted by molar-refractivity contribution is 1.57. The zero-order valence-electron chi connectivity index (χ0n) is 16.8. The molecule has 0 unspecified atom stereocenters. The highest BCUT2D eigenvalue weighted by molar-refractivity contribution is 5.81. The fourth-order valence-corrected chi connectivity index (χ4v) is 3.17. The summed E-state index contributed by atoms with van der Waals surface area (Å²) in [6.07, 6.45) is 12.9. The summed E-state index contributed by atoms with van der Waals surface area (Å²) in [5.74, 6) is 0. The van der Waals surface area contributed by atoms with Gasteiger partial charge < -0.3 is 0 Å². The molecule has 0 saturated heterocycles. The third kappa shape index (κ3) is 5.56. The van der Waals surface area contributed by atoms with Crippen LogP contribution in [0.5, 0.6) is 0 Å².